The van der Waals surface area contributed by atoms with Crippen molar-refractivity contribution in [2.45, 2.75) is 0 Å². The summed E-state index contributed by atoms with van der Waals surface area (Å²) in [6, 6.07) is 8.26. The molecule has 4 aromatic rings. The van der Waals surface area contributed by atoms with Crippen molar-refractivity contribution < 1.29 is 18.3 Å². The molecule has 3 aromatic heterocycles. The van der Waals surface area contributed by atoms with Gasteiger partial charge in [-0.1, -0.05) is 0 Å². The molecule has 2 aliphatic heterocycles. The quantitative estimate of drug-likeness (QED) is 0.268. The molecule has 0 bridgehead atoms. The number of morpholine rings is 1. The third kappa shape index (κ3) is 6.68. The monoisotopic (exact) mass is 593 g/mol. The number of nitrogens with one attached hydrogen (secondary N) is 1. The zero-order valence-corrected chi connectivity index (χ0v) is 24.2. The second-order valence-corrected chi connectivity index (χ2v) is 10.6. The molecule has 14 nitrogen and oxygen atoms in total. The maximum atomic E-state index is 15.1. The summed E-state index contributed by atoms with van der Waals surface area (Å²) in [5.74, 6) is 1.24. The lowest BCUT2D eigenvalue weighted by Crippen LogP contribution is -2.48. The summed E-state index contributed by atoms with van der Waals surface area (Å²) in [5, 5.41) is 7.22. The van der Waals surface area contributed by atoms with Crippen LogP contribution in [0.25, 0.3) is 17.4 Å². The van der Waals surface area contributed by atoms with E-state index in [4.69, 9.17) is 14.9 Å². The number of ether oxygens (including phenoxy) is 1. The van der Waals surface area contributed by atoms with Gasteiger partial charge in [0.2, 0.25) is 17.7 Å². The van der Waals surface area contributed by atoms with Crippen LogP contribution in [0.1, 0.15) is 10.4 Å². The molecule has 2 aliphatic rings. The van der Waals surface area contributed by atoms with Crippen LogP contribution in [-0.2, 0) is 4.74 Å². The number of carbonyl (C=O) groups excluding carboxylic acids is 1. The predicted molar refractivity (Wildman–Crippen MR) is 159 cm³/mol. The molecule has 1 aromatic carbocycles. The van der Waals surface area contributed by atoms with Gasteiger partial charge in [-0.05, 0) is 30.3 Å². The first-order valence-corrected chi connectivity index (χ1v) is 14.4. The van der Waals surface area contributed by atoms with Crippen molar-refractivity contribution in [3.63, 3.8) is 0 Å². The number of halogens is 1. The van der Waals surface area contributed by atoms with Crippen molar-refractivity contribution in [2.75, 3.05) is 101 Å². The maximum absolute atomic E-state index is 15.1. The van der Waals surface area contributed by atoms with E-state index >= 15 is 4.39 Å². The lowest BCUT2D eigenvalue weighted by atomic mass is 10.1. The molecular formula is C28H36FN11O3. The molecule has 5 heterocycles. The Morgan fingerprint density at radius 3 is 2.58 bits per heavy atom. The maximum Gasteiger partial charge on any atom is 0.259 e. The summed E-state index contributed by atoms with van der Waals surface area (Å²) in [4.78, 5) is 34.4. The number of benzene rings is 1. The van der Waals surface area contributed by atoms with Gasteiger partial charge >= 0.3 is 0 Å². The summed E-state index contributed by atoms with van der Waals surface area (Å²) in [6.45, 7) is 8.76. The van der Waals surface area contributed by atoms with E-state index in [1.807, 2.05) is 16.8 Å². The molecule has 228 valence electrons. The Hall–Kier alpha value is -4.34. The average Bonchev–Trinajstić information content (AvgIpc) is 3.72. The molecule has 0 saturated carbocycles. The summed E-state index contributed by atoms with van der Waals surface area (Å²) < 4.78 is 27.2. The summed E-state index contributed by atoms with van der Waals surface area (Å²) >= 11 is 0. The number of amides is 1. The highest BCUT2D eigenvalue weighted by molar-refractivity contribution is 5.94. The number of rotatable bonds is 10. The summed E-state index contributed by atoms with van der Waals surface area (Å²) in [6.07, 6.45) is 1.55. The number of carbonyl (C=O) groups is 1. The van der Waals surface area contributed by atoms with E-state index in [9.17, 15) is 4.79 Å². The van der Waals surface area contributed by atoms with Crippen LogP contribution in [0.3, 0.4) is 0 Å². The Morgan fingerprint density at radius 2 is 1.84 bits per heavy atom. The van der Waals surface area contributed by atoms with Crippen LogP contribution in [0, 0.1) is 5.82 Å². The molecule has 15 heteroatoms. The molecule has 0 aliphatic carbocycles. The van der Waals surface area contributed by atoms with E-state index < -0.39 is 0 Å². The number of nitrogens with two attached hydrogens (primary N) is 1. The smallest absolute Gasteiger partial charge is 0.259 e. The van der Waals surface area contributed by atoms with Gasteiger partial charge in [0.05, 0.1) is 25.2 Å². The number of piperazine rings is 1. The van der Waals surface area contributed by atoms with Gasteiger partial charge in [0, 0.05) is 78.1 Å². The van der Waals surface area contributed by atoms with Crippen molar-refractivity contribution in [1.82, 2.24) is 39.7 Å². The number of likely N-dealkylation sites (N-methyl/N-ethyl adjacent to an activating group) is 1. The van der Waals surface area contributed by atoms with Crippen molar-refractivity contribution in [2.24, 2.45) is 0 Å². The van der Waals surface area contributed by atoms with Crippen LogP contribution in [0.5, 0.6) is 0 Å². The number of furan rings is 1. The van der Waals surface area contributed by atoms with Gasteiger partial charge in [0.15, 0.2) is 5.76 Å². The van der Waals surface area contributed by atoms with Crippen molar-refractivity contribution in [1.29, 1.82) is 0 Å². The highest BCUT2D eigenvalue weighted by Gasteiger charge is 2.22. The van der Waals surface area contributed by atoms with E-state index in [0.717, 1.165) is 39.3 Å². The molecule has 2 saturated heterocycles. The van der Waals surface area contributed by atoms with Crippen molar-refractivity contribution >= 4 is 29.3 Å². The molecule has 0 unspecified atom stereocenters. The van der Waals surface area contributed by atoms with Crippen molar-refractivity contribution in [3.05, 3.63) is 48.0 Å². The lowest BCUT2D eigenvalue weighted by Gasteiger charge is -2.36. The molecular weight excluding hydrogens is 557 g/mol. The second kappa shape index (κ2) is 12.9. The molecule has 1 amide bonds. The minimum absolute atomic E-state index is 0.185. The Morgan fingerprint density at radius 1 is 1.05 bits per heavy atom. The van der Waals surface area contributed by atoms with Crippen molar-refractivity contribution in [3.8, 4) is 11.6 Å². The molecule has 3 N–H and O–H groups in total. The van der Waals surface area contributed by atoms with Gasteiger partial charge in [-0.3, -0.25) is 14.6 Å². The SMILES string of the molecule is CN(CCN1CCN(c2ccc(C(=O)NCCN3CCOCC3)cc2F)CC1)c1nc(N)n2nc(-c3ccco3)nc2n1. The first-order chi connectivity index (χ1) is 20.9. The van der Waals surface area contributed by atoms with Crippen LogP contribution >= 0.6 is 0 Å². The number of hydrogen-bond acceptors (Lipinski definition) is 12. The second-order valence-electron chi connectivity index (χ2n) is 10.6. The number of aromatic nitrogens is 5. The van der Waals surface area contributed by atoms with E-state index in [1.165, 1.54) is 10.6 Å². The fraction of sp³-hybridized carbons (Fsp3) is 0.464. The normalized spacial score (nSPS) is 16.6. The van der Waals surface area contributed by atoms with E-state index in [2.05, 4.69) is 35.2 Å². The number of fused-ring (bicyclic) bond motifs is 1. The van der Waals surface area contributed by atoms with Gasteiger partial charge in [0.25, 0.3) is 11.7 Å². The van der Waals surface area contributed by atoms with Gasteiger partial charge in [-0.25, -0.2) is 4.39 Å². The lowest BCUT2D eigenvalue weighted by molar-refractivity contribution is 0.0383. The van der Waals surface area contributed by atoms with Crippen LogP contribution in [0.4, 0.5) is 22.0 Å². The van der Waals surface area contributed by atoms with Gasteiger partial charge in [-0.2, -0.15) is 19.5 Å². The number of hydrogen-bond donors (Lipinski definition) is 2. The first-order valence-electron chi connectivity index (χ1n) is 14.4. The Kier molecular flexibility index (Phi) is 8.62. The fourth-order valence-electron chi connectivity index (χ4n) is 5.24. The zero-order valence-electron chi connectivity index (χ0n) is 24.2. The minimum Gasteiger partial charge on any atom is -0.461 e. The topological polar surface area (TPSA) is 146 Å². The summed E-state index contributed by atoms with van der Waals surface area (Å²) in [7, 11) is 1.90. The first kappa shape index (κ1) is 28.8. The van der Waals surface area contributed by atoms with E-state index in [-0.39, 0.29) is 17.7 Å². The highest BCUT2D eigenvalue weighted by atomic mass is 19.1. The average molecular weight is 594 g/mol. The fourth-order valence-corrected chi connectivity index (χ4v) is 5.24. The molecule has 0 radical (unpaired) electrons. The van der Waals surface area contributed by atoms with Gasteiger partial charge in [0.1, 0.15) is 5.82 Å². The van der Waals surface area contributed by atoms with Crippen LogP contribution in [0.15, 0.2) is 41.0 Å². The number of anilines is 3. The predicted octanol–water partition coefficient (Wildman–Crippen LogP) is 0.821. The van der Waals surface area contributed by atoms with Crippen LogP contribution in [-0.4, -0.2) is 126 Å². The zero-order chi connectivity index (χ0) is 29.8. The third-order valence-electron chi connectivity index (χ3n) is 7.80. The van der Waals surface area contributed by atoms with Crippen LogP contribution < -0.4 is 20.9 Å². The number of nitrogens with zero attached hydrogens (tertiary/aromatic N) is 9. The molecule has 0 spiro atoms. The Bertz CT molecular complexity index is 1530. The minimum atomic E-state index is -0.386. The van der Waals surface area contributed by atoms with E-state index in [1.54, 1.807) is 30.5 Å². The molecule has 6 rings (SSSR count). The third-order valence-corrected chi connectivity index (χ3v) is 7.80. The largest absolute Gasteiger partial charge is 0.461 e. The molecule has 2 fully saturated rings. The molecule has 43 heavy (non-hydrogen) atoms. The van der Waals surface area contributed by atoms with Crippen LogP contribution in [0.2, 0.25) is 0 Å². The Labute approximate surface area is 248 Å². The van der Waals surface area contributed by atoms with E-state index in [0.29, 0.717) is 74.0 Å². The standard InChI is InChI=1S/C28H36FN11O3/c1-36(27-33-26(30)40-28(34-27)32-24(35-40)23-3-2-16-43-23)8-9-38-10-12-39(13-11-38)22-5-4-20(19-21(22)29)25(41)31-6-7-37-14-17-42-18-15-37/h2-5,16,19H,6-15,17-18H2,1H3,(H,31,41)(H2,30,32,33,34,35). The Balaban J connectivity index is 0.977. The van der Waals surface area contributed by atoms with Gasteiger partial charge in [-0.15, -0.1) is 5.10 Å². The molecule has 0 atom stereocenters. The van der Waals surface area contributed by atoms with Gasteiger partial charge < -0.3 is 30.0 Å². The summed E-state index contributed by atoms with van der Waals surface area (Å²) in [5.41, 5.74) is 6.98. The highest BCUT2D eigenvalue weighted by Crippen LogP contribution is 2.23. The number of nitrogen functional groups attached to an aromatic ring is 1.